The molecule has 0 bridgehead atoms. The zero-order valence-electron chi connectivity index (χ0n) is 14.5. The summed E-state index contributed by atoms with van der Waals surface area (Å²) in [4.78, 5) is 12.9. The molecule has 0 heterocycles. The van der Waals surface area contributed by atoms with Gasteiger partial charge in [0.25, 0.3) is 0 Å². The van der Waals surface area contributed by atoms with Crippen molar-refractivity contribution in [1.82, 2.24) is 0 Å². The van der Waals surface area contributed by atoms with Crippen molar-refractivity contribution in [3.05, 3.63) is 0 Å². The first kappa shape index (κ1) is 16.0. The second kappa shape index (κ2) is 5.46. The van der Waals surface area contributed by atoms with Crippen molar-refractivity contribution < 1.29 is 4.79 Å². The summed E-state index contributed by atoms with van der Waals surface area (Å²) < 4.78 is 0. The van der Waals surface area contributed by atoms with Crippen molar-refractivity contribution in [2.75, 3.05) is 0 Å². The van der Waals surface area contributed by atoms with E-state index in [9.17, 15) is 4.79 Å². The SMILES string of the molecule is CC1CCC(C(=O)C2CCC(C)C(C)(C)C2)CC1(C)C. The lowest BCUT2D eigenvalue weighted by molar-refractivity contribution is -0.132. The van der Waals surface area contributed by atoms with Crippen LogP contribution < -0.4 is 0 Å². The molecule has 0 saturated heterocycles. The van der Waals surface area contributed by atoms with Crippen LogP contribution in [0.1, 0.15) is 80.1 Å². The van der Waals surface area contributed by atoms with Crippen molar-refractivity contribution >= 4 is 5.78 Å². The van der Waals surface area contributed by atoms with Gasteiger partial charge in [0.1, 0.15) is 5.78 Å². The monoisotopic (exact) mass is 278 g/mol. The van der Waals surface area contributed by atoms with E-state index in [2.05, 4.69) is 41.5 Å². The summed E-state index contributed by atoms with van der Waals surface area (Å²) in [6, 6.07) is 0. The first-order valence-electron chi connectivity index (χ1n) is 8.67. The molecule has 0 spiro atoms. The fraction of sp³-hybridized carbons (Fsp3) is 0.947. The third-order valence-electron chi connectivity index (χ3n) is 6.91. The van der Waals surface area contributed by atoms with E-state index in [4.69, 9.17) is 0 Å². The van der Waals surface area contributed by atoms with Gasteiger partial charge in [-0.05, 0) is 61.2 Å². The smallest absolute Gasteiger partial charge is 0.139 e. The first-order valence-corrected chi connectivity index (χ1v) is 8.67. The summed E-state index contributed by atoms with van der Waals surface area (Å²) >= 11 is 0. The number of carbonyl (C=O) groups is 1. The Bertz CT molecular complexity index is 332. The molecule has 1 heteroatoms. The molecule has 2 aliphatic carbocycles. The van der Waals surface area contributed by atoms with Crippen LogP contribution in [0.5, 0.6) is 0 Å². The standard InChI is InChI=1S/C19H34O/c1-13-7-9-15(11-18(13,3)4)17(20)16-10-8-14(2)19(5,6)12-16/h13-16H,7-12H2,1-6H3. The number of carbonyl (C=O) groups excluding carboxylic acids is 1. The predicted octanol–water partition coefficient (Wildman–Crippen LogP) is 5.48. The van der Waals surface area contributed by atoms with Crippen LogP contribution in [0, 0.1) is 34.5 Å². The maximum Gasteiger partial charge on any atom is 0.139 e. The minimum atomic E-state index is 0.343. The van der Waals surface area contributed by atoms with Gasteiger partial charge < -0.3 is 0 Å². The molecule has 0 aromatic heterocycles. The summed E-state index contributed by atoms with van der Waals surface area (Å²) in [6.45, 7) is 14.1. The van der Waals surface area contributed by atoms with Crippen molar-refractivity contribution in [1.29, 1.82) is 0 Å². The lowest BCUT2D eigenvalue weighted by Crippen LogP contribution is -2.40. The van der Waals surface area contributed by atoms with Gasteiger partial charge in [0, 0.05) is 11.8 Å². The van der Waals surface area contributed by atoms with Gasteiger partial charge in [0.2, 0.25) is 0 Å². The molecule has 2 saturated carbocycles. The molecule has 2 rings (SSSR count). The van der Waals surface area contributed by atoms with Gasteiger partial charge in [-0.1, -0.05) is 41.5 Å². The van der Waals surface area contributed by atoms with E-state index >= 15 is 0 Å². The quantitative estimate of drug-likeness (QED) is 0.653. The third-order valence-corrected chi connectivity index (χ3v) is 6.91. The van der Waals surface area contributed by atoms with Gasteiger partial charge in [-0.3, -0.25) is 4.79 Å². The Morgan fingerprint density at radius 2 is 1.10 bits per heavy atom. The van der Waals surface area contributed by atoms with Crippen molar-refractivity contribution in [3.63, 3.8) is 0 Å². The summed E-state index contributed by atoms with van der Waals surface area (Å²) in [5.74, 6) is 2.81. The van der Waals surface area contributed by atoms with Crippen LogP contribution in [-0.2, 0) is 4.79 Å². The van der Waals surface area contributed by atoms with Gasteiger partial charge in [-0.2, -0.15) is 0 Å². The zero-order valence-corrected chi connectivity index (χ0v) is 14.5. The molecule has 4 unspecified atom stereocenters. The molecule has 0 aliphatic heterocycles. The second-order valence-electron chi connectivity index (χ2n) is 9.14. The second-order valence-corrected chi connectivity index (χ2v) is 9.14. The lowest BCUT2D eigenvalue weighted by Gasteiger charge is -2.44. The van der Waals surface area contributed by atoms with Gasteiger partial charge in [0.05, 0.1) is 0 Å². The lowest BCUT2D eigenvalue weighted by atomic mass is 9.60. The van der Waals surface area contributed by atoms with Gasteiger partial charge in [-0.25, -0.2) is 0 Å². The Labute approximate surface area is 125 Å². The maximum atomic E-state index is 12.9. The summed E-state index contributed by atoms with van der Waals surface area (Å²) in [5, 5.41) is 0. The Hall–Kier alpha value is -0.330. The number of Topliss-reactive ketones (excluding diaryl/α,β-unsaturated/α-hetero) is 1. The van der Waals surface area contributed by atoms with E-state index < -0.39 is 0 Å². The molecule has 0 aromatic carbocycles. The topological polar surface area (TPSA) is 17.1 Å². The van der Waals surface area contributed by atoms with Gasteiger partial charge in [0.15, 0.2) is 0 Å². The number of hydrogen-bond donors (Lipinski definition) is 0. The summed E-state index contributed by atoms with van der Waals surface area (Å²) in [5.41, 5.74) is 0.687. The van der Waals surface area contributed by atoms with Gasteiger partial charge >= 0.3 is 0 Å². The highest BCUT2D eigenvalue weighted by Crippen LogP contribution is 2.48. The highest BCUT2D eigenvalue weighted by atomic mass is 16.1. The van der Waals surface area contributed by atoms with Crippen LogP contribution in [-0.4, -0.2) is 5.78 Å². The Morgan fingerprint density at radius 3 is 1.40 bits per heavy atom. The van der Waals surface area contributed by atoms with Crippen LogP contribution in [0.25, 0.3) is 0 Å². The van der Waals surface area contributed by atoms with E-state index in [-0.39, 0.29) is 0 Å². The van der Waals surface area contributed by atoms with Gasteiger partial charge in [-0.15, -0.1) is 0 Å². The van der Waals surface area contributed by atoms with Crippen LogP contribution in [0.2, 0.25) is 0 Å². The molecule has 0 amide bonds. The third kappa shape index (κ3) is 3.12. The van der Waals surface area contributed by atoms with Crippen molar-refractivity contribution in [2.24, 2.45) is 34.5 Å². The molecule has 0 radical (unpaired) electrons. The van der Waals surface area contributed by atoms with E-state index in [0.717, 1.165) is 37.5 Å². The molecule has 2 aliphatic rings. The Morgan fingerprint density at radius 1 is 0.750 bits per heavy atom. The molecular weight excluding hydrogens is 244 g/mol. The molecule has 1 nitrogen and oxygen atoms in total. The number of hydrogen-bond acceptors (Lipinski definition) is 1. The number of ketones is 1. The Kier molecular flexibility index (Phi) is 4.38. The molecule has 0 N–H and O–H groups in total. The van der Waals surface area contributed by atoms with E-state index in [0.29, 0.717) is 28.4 Å². The van der Waals surface area contributed by atoms with Crippen molar-refractivity contribution in [3.8, 4) is 0 Å². The fourth-order valence-corrected chi connectivity index (χ4v) is 4.38. The fourth-order valence-electron chi connectivity index (χ4n) is 4.38. The molecule has 116 valence electrons. The maximum absolute atomic E-state index is 12.9. The van der Waals surface area contributed by atoms with Crippen LogP contribution in [0.3, 0.4) is 0 Å². The summed E-state index contributed by atoms with van der Waals surface area (Å²) in [6.07, 6.45) is 6.95. The van der Waals surface area contributed by atoms with Crippen LogP contribution >= 0.6 is 0 Å². The molecular formula is C19H34O. The molecule has 0 aromatic rings. The minimum absolute atomic E-state index is 0.343. The highest BCUT2D eigenvalue weighted by molar-refractivity contribution is 5.83. The van der Waals surface area contributed by atoms with Crippen LogP contribution in [0.15, 0.2) is 0 Å². The molecule has 4 atom stereocenters. The normalized spacial score (nSPS) is 40.3. The molecule has 20 heavy (non-hydrogen) atoms. The zero-order chi connectivity index (χ0) is 15.1. The molecule has 2 fully saturated rings. The predicted molar refractivity (Wildman–Crippen MR) is 85.6 cm³/mol. The summed E-state index contributed by atoms with van der Waals surface area (Å²) in [7, 11) is 0. The average molecular weight is 278 g/mol. The van der Waals surface area contributed by atoms with Crippen molar-refractivity contribution in [2.45, 2.75) is 80.1 Å². The van der Waals surface area contributed by atoms with E-state index in [1.54, 1.807) is 0 Å². The first-order chi connectivity index (χ1) is 9.13. The van der Waals surface area contributed by atoms with E-state index in [1.165, 1.54) is 12.8 Å². The average Bonchev–Trinajstić information content (AvgIpc) is 2.35. The Balaban J connectivity index is 2.02. The number of rotatable bonds is 2. The highest BCUT2D eigenvalue weighted by Gasteiger charge is 2.42. The van der Waals surface area contributed by atoms with E-state index in [1.807, 2.05) is 0 Å². The largest absolute Gasteiger partial charge is 0.299 e. The minimum Gasteiger partial charge on any atom is -0.299 e. The van der Waals surface area contributed by atoms with Crippen LogP contribution in [0.4, 0.5) is 0 Å².